The van der Waals surface area contributed by atoms with Crippen LogP contribution in [-0.4, -0.2) is 34.1 Å². The van der Waals surface area contributed by atoms with Crippen LogP contribution in [0.1, 0.15) is 18.2 Å². The predicted molar refractivity (Wildman–Crippen MR) is 87.8 cm³/mol. The van der Waals surface area contributed by atoms with E-state index in [0.717, 1.165) is 11.3 Å². The zero-order valence-electron chi connectivity index (χ0n) is 12.3. The molecule has 7 heteroatoms. The van der Waals surface area contributed by atoms with Gasteiger partial charge in [-0.3, -0.25) is 14.8 Å². The molecule has 0 fully saturated rings. The van der Waals surface area contributed by atoms with Crippen molar-refractivity contribution in [3.05, 3.63) is 51.8 Å². The topological polar surface area (TPSA) is 61.0 Å². The molecule has 0 spiro atoms. The molecule has 2 rings (SSSR count). The number of halogens is 2. The summed E-state index contributed by atoms with van der Waals surface area (Å²) in [4.78, 5) is 13.2. The number of nitrogens with one attached hydrogen (secondary N) is 2. The van der Waals surface area contributed by atoms with Gasteiger partial charge in [0.15, 0.2) is 0 Å². The Morgan fingerprint density at radius 2 is 2.14 bits per heavy atom. The number of hydrogen-bond donors (Lipinski definition) is 2. The molecule has 0 saturated heterocycles. The summed E-state index contributed by atoms with van der Waals surface area (Å²) in [7, 11) is 0. The zero-order valence-corrected chi connectivity index (χ0v) is 13.8. The normalized spacial score (nSPS) is 10.9. The van der Waals surface area contributed by atoms with E-state index in [4.69, 9.17) is 23.2 Å². The van der Waals surface area contributed by atoms with Crippen molar-refractivity contribution >= 4 is 29.1 Å². The standard InChI is InChI=1S/C15H18Cl2N4O/c1-11(22)18-6-7-21(10-14-4-5-19-20-14)9-12-2-3-13(16)8-15(12)17/h2-5,8H,6-7,9-10H2,1H3,(H,18,22)(H,19,20). The van der Waals surface area contributed by atoms with E-state index >= 15 is 0 Å². The van der Waals surface area contributed by atoms with E-state index in [1.165, 1.54) is 6.92 Å². The maximum absolute atomic E-state index is 11.0. The first-order valence-electron chi connectivity index (χ1n) is 6.93. The van der Waals surface area contributed by atoms with Crippen molar-refractivity contribution in [2.24, 2.45) is 0 Å². The molecule has 0 aliphatic rings. The molecular weight excluding hydrogens is 323 g/mol. The molecular formula is C15H18Cl2N4O. The van der Waals surface area contributed by atoms with Crippen molar-refractivity contribution in [3.8, 4) is 0 Å². The van der Waals surface area contributed by atoms with Crippen LogP contribution < -0.4 is 5.32 Å². The first-order valence-corrected chi connectivity index (χ1v) is 7.69. The molecule has 0 aliphatic carbocycles. The minimum absolute atomic E-state index is 0.0361. The van der Waals surface area contributed by atoms with Crippen LogP contribution in [0.3, 0.4) is 0 Å². The van der Waals surface area contributed by atoms with Gasteiger partial charge < -0.3 is 5.32 Å². The van der Waals surface area contributed by atoms with Crippen molar-refractivity contribution in [2.75, 3.05) is 13.1 Å². The SMILES string of the molecule is CC(=O)NCCN(Cc1ccn[nH]1)Cc1ccc(Cl)cc1Cl. The van der Waals surface area contributed by atoms with Crippen LogP contribution in [-0.2, 0) is 17.9 Å². The number of benzene rings is 1. The smallest absolute Gasteiger partial charge is 0.216 e. The van der Waals surface area contributed by atoms with Gasteiger partial charge in [-0.2, -0.15) is 5.10 Å². The molecule has 1 heterocycles. The van der Waals surface area contributed by atoms with Gasteiger partial charge in [-0.05, 0) is 23.8 Å². The van der Waals surface area contributed by atoms with Gasteiger partial charge in [0.25, 0.3) is 0 Å². The molecule has 1 aromatic carbocycles. The molecule has 2 aromatic rings. The first-order chi connectivity index (χ1) is 10.5. The van der Waals surface area contributed by atoms with Gasteiger partial charge in [0.1, 0.15) is 0 Å². The van der Waals surface area contributed by atoms with Crippen LogP contribution >= 0.6 is 23.2 Å². The van der Waals surface area contributed by atoms with Crippen LogP contribution in [0.4, 0.5) is 0 Å². The Balaban J connectivity index is 2.03. The molecule has 0 radical (unpaired) electrons. The van der Waals surface area contributed by atoms with E-state index in [1.807, 2.05) is 18.2 Å². The van der Waals surface area contributed by atoms with Gasteiger partial charge in [0.05, 0.1) is 0 Å². The summed E-state index contributed by atoms with van der Waals surface area (Å²) in [5.74, 6) is -0.0361. The van der Waals surface area contributed by atoms with Crippen LogP contribution in [0.15, 0.2) is 30.5 Å². The lowest BCUT2D eigenvalue weighted by Crippen LogP contribution is -2.33. The summed E-state index contributed by atoms with van der Waals surface area (Å²) in [6, 6.07) is 7.41. The molecule has 0 unspecified atom stereocenters. The van der Waals surface area contributed by atoms with Crippen molar-refractivity contribution in [2.45, 2.75) is 20.0 Å². The predicted octanol–water partition coefficient (Wildman–Crippen LogP) is 2.85. The van der Waals surface area contributed by atoms with Crippen molar-refractivity contribution in [1.29, 1.82) is 0 Å². The molecule has 0 saturated carbocycles. The van der Waals surface area contributed by atoms with Crippen LogP contribution in [0, 0.1) is 0 Å². The molecule has 0 atom stereocenters. The zero-order chi connectivity index (χ0) is 15.9. The van der Waals surface area contributed by atoms with Crippen molar-refractivity contribution < 1.29 is 4.79 Å². The summed E-state index contributed by atoms with van der Waals surface area (Å²) in [5, 5.41) is 11.0. The molecule has 5 nitrogen and oxygen atoms in total. The summed E-state index contributed by atoms with van der Waals surface area (Å²) < 4.78 is 0. The average molecular weight is 341 g/mol. The molecule has 22 heavy (non-hydrogen) atoms. The van der Waals surface area contributed by atoms with Gasteiger partial charge in [-0.25, -0.2) is 0 Å². The largest absolute Gasteiger partial charge is 0.355 e. The van der Waals surface area contributed by atoms with E-state index in [-0.39, 0.29) is 5.91 Å². The van der Waals surface area contributed by atoms with E-state index in [1.54, 1.807) is 12.3 Å². The Hall–Kier alpha value is -1.56. The Kier molecular flexibility index (Phi) is 6.24. The molecule has 1 amide bonds. The second-order valence-corrected chi connectivity index (χ2v) is 5.85. The maximum atomic E-state index is 11.0. The lowest BCUT2D eigenvalue weighted by atomic mass is 10.2. The number of H-pyrrole nitrogens is 1. The minimum Gasteiger partial charge on any atom is -0.355 e. The third kappa shape index (κ3) is 5.33. The fraction of sp³-hybridized carbons (Fsp3) is 0.333. The maximum Gasteiger partial charge on any atom is 0.216 e. The number of rotatable bonds is 7. The minimum atomic E-state index is -0.0361. The molecule has 118 valence electrons. The fourth-order valence-corrected chi connectivity index (χ4v) is 2.58. The Bertz CT molecular complexity index is 616. The quantitative estimate of drug-likeness (QED) is 0.814. The molecule has 0 aliphatic heterocycles. The fourth-order valence-electron chi connectivity index (χ4n) is 2.11. The van der Waals surface area contributed by atoms with E-state index in [0.29, 0.717) is 36.2 Å². The second kappa shape index (κ2) is 8.17. The number of amides is 1. The third-order valence-electron chi connectivity index (χ3n) is 3.16. The summed E-state index contributed by atoms with van der Waals surface area (Å²) >= 11 is 12.2. The number of hydrogen-bond acceptors (Lipinski definition) is 3. The summed E-state index contributed by atoms with van der Waals surface area (Å²) in [6.07, 6.45) is 1.72. The second-order valence-electron chi connectivity index (χ2n) is 5.01. The highest BCUT2D eigenvalue weighted by molar-refractivity contribution is 6.35. The van der Waals surface area contributed by atoms with Gasteiger partial charge in [-0.15, -0.1) is 0 Å². The van der Waals surface area contributed by atoms with Crippen LogP contribution in [0.2, 0.25) is 10.0 Å². The Labute approximate surface area is 139 Å². The highest BCUT2D eigenvalue weighted by Crippen LogP contribution is 2.22. The highest BCUT2D eigenvalue weighted by Gasteiger charge is 2.11. The van der Waals surface area contributed by atoms with Gasteiger partial charge in [0, 0.05) is 55.0 Å². The molecule has 0 bridgehead atoms. The van der Waals surface area contributed by atoms with Crippen molar-refractivity contribution in [3.63, 3.8) is 0 Å². The Morgan fingerprint density at radius 1 is 1.32 bits per heavy atom. The summed E-state index contributed by atoms with van der Waals surface area (Å²) in [5.41, 5.74) is 2.00. The number of aromatic amines is 1. The number of nitrogens with zero attached hydrogens (tertiary/aromatic N) is 2. The monoisotopic (exact) mass is 340 g/mol. The first kappa shape index (κ1) is 16.8. The van der Waals surface area contributed by atoms with E-state index in [2.05, 4.69) is 20.4 Å². The van der Waals surface area contributed by atoms with Gasteiger partial charge >= 0.3 is 0 Å². The number of carbonyl (C=O) groups excluding carboxylic acids is 1. The lowest BCUT2D eigenvalue weighted by molar-refractivity contribution is -0.119. The average Bonchev–Trinajstić information content (AvgIpc) is 2.94. The lowest BCUT2D eigenvalue weighted by Gasteiger charge is -2.22. The van der Waals surface area contributed by atoms with Crippen molar-refractivity contribution in [1.82, 2.24) is 20.4 Å². The van der Waals surface area contributed by atoms with Gasteiger partial charge in [0.2, 0.25) is 5.91 Å². The molecule has 1 aromatic heterocycles. The van der Waals surface area contributed by atoms with E-state index in [9.17, 15) is 4.79 Å². The summed E-state index contributed by atoms with van der Waals surface area (Å²) in [6.45, 7) is 4.15. The number of carbonyl (C=O) groups is 1. The Morgan fingerprint density at radius 3 is 2.77 bits per heavy atom. The van der Waals surface area contributed by atoms with Gasteiger partial charge in [-0.1, -0.05) is 29.3 Å². The molecule has 2 N–H and O–H groups in total. The third-order valence-corrected chi connectivity index (χ3v) is 3.75. The van der Waals surface area contributed by atoms with Crippen LogP contribution in [0.25, 0.3) is 0 Å². The van der Waals surface area contributed by atoms with Crippen LogP contribution in [0.5, 0.6) is 0 Å². The number of aromatic nitrogens is 2. The highest BCUT2D eigenvalue weighted by atomic mass is 35.5. The van der Waals surface area contributed by atoms with E-state index < -0.39 is 0 Å².